The highest BCUT2D eigenvalue weighted by Crippen LogP contribution is 2.23. The van der Waals surface area contributed by atoms with E-state index < -0.39 is 10.1 Å². The van der Waals surface area contributed by atoms with Gasteiger partial charge in [-0.2, -0.15) is 8.42 Å². The Bertz CT molecular complexity index is 878. The van der Waals surface area contributed by atoms with E-state index in [2.05, 4.69) is 0 Å². The Balaban J connectivity index is 2.25. The summed E-state index contributed by atoms with van der Waals surface area (Å²) in [6, 6.07) is 13.8. The van der Waals surface area contributed by atoms with Crippen molar-refractivity contribution in [3.05, 3.63) is 59.7 Å². The Morgan fingerprint density at radius 1 is 1.11 bits per heavy atom. The van der Waals surface area contributed by atoms with Crippen LogP contribution in [0, 0.1) is 0 Å². The third kappa shape index (κ3) is 5.72. The lowest BCUT2D eigenvalue weighted by Gasteiger charge is -2.29. The fourth-order valence-electron chi connectivity index (χ4n) is 2.65. The fraction of sp³-hybridized carbons (Fsp3) is 0.350. The van der Waals surface area contributed by atoms with Gasteiger partial charge in [-0.1, -0.05) is 31.2 Å². The van der Waals surface area contributed by atoms with Gasteiger partial charge in [0.2, 0.25) is 0 Å². The van der Waals surface area contributed by atoms with Gasteiger partial charge in [-0.15, -0.1) is 0 Å². The van der Waals surface area contributed by atoms with Crippen molar-refractivity contribution in [1.29, 1.82) is 0 Å². The molecule has 0 saturated heterocycles. The highest BCUT2D eigenvalue weighted by molar-refractivity contribution is 7.86. The first-order chi connectivity index (χ1) is 12.7. The van der Waals surface area contributed by atoms with Crippen LogP contribution in [0.2, 0.25) is 0 Å². The first-order valence-electron chi connectivity index (χ1n) is 8.67. The predicted molar refractivity (Wildman–Crippen MR) is 105 cm³/mol. The highest BCUT2D eigenvalue weighted by atomic mass is 32.2. The maximum absolute atomic E-state index is 13.1. The lowest BCUT2D eigenvalue weighted by atomic mass is 10.1. The predicted octanol–water partition coefficient (Wildman–Crippen LogP) is 3.47. The minimum atomic E-state index is -3.57. The first kappa shape index (κ1) is 20.8. The largest absolute Gasteiger partial charge is 0.496 e. The van der Waals surface area contributed by atoms with E-state index >= 15 is 0 Å². The van der Waals surface area contributed by atoms with Gasteiger partial charge in [0.25, 0.3) is 5.91 Å². The van der Waals surface area contributed by atoms with Crippen LogP contribution in [-0.2, 0) is 16.7 Å². The van der Waals surface area contributed by atoms with Crippen LogP contribution in [0.15, 0.2) is 48.5 Å². The number of amides is 1. The summed E-state index contributed by atoms with van der Waals surface area (Å²) in [5.41, 5.74) is 1.39. The summed E-state index contributed by atoms with van der Waals surface area (Å²) in [5.74, 6) is 0.665. The Kier molecular flexibility index (Phi) is 6.85. The number of methoxy groups -OCH3 is 1. The highest BCUT2D eigenvalue weighted by Gasteiger charge is 2.23. The molecule has 0 N–H and O–H groups in total. The van der Waals surface area contributed by atoms with E-state index in [-0.39, 0.29) is 17.7 Å². The molecule has 1 atom stereocenters. The van der Waals surface area contributed by atoms with Gasteiger partial charge in [0.1, 0.15) is 11.5 Å². The van der Waals surface area contributed by atoms with Gasteiger partial charge in [-0.05, 0) is 43.2 Å². The van der Waals surface area contributed by atoms with E-state index in [1.165, 1.54) is 0 Å². The molecule has 0 spiro atoms. The summed E-state index contributed by atoms with van der Waals surface area (Å²) in [6.45, 7) is 4.41. The summed E-state index contributed by atoms with van der Waals surface area (Å²) >= 11 is 0. The van der Waals surface area contributed by atoms with Crippen molar-refractivity contribution in [2.75, 3.05) is 13.4 Å². The molecule has 7 heteroatoms. The van der Waals surface area contributed by atoms with Crippen LogP contribution in [0.5, 0.6) is 11.5 Å². The molecule has 2 aromatic carbocycles. The maximum Gasteiger partial charge on any atom is 0.306 e. The van der Waals surface area contributed by atoms with Gasteiger partial charge in [0.15, 0.2) is 0 Å². The maximum atomic E-state index is 13.1. The average molecular weight is 391 g/mol. The molecule has 0 radical (unpaired) electrons. The molecular weight excluding hydrogens is 366 g/mol. The van der Waals surface area contributed by atoms with E-state index in [0.717, 1.165) is 18.2 Å². The third-order valence-corrected chi connectivity index (χ3v) is 4.74. The number of hydrogen-bond donors (Lipinski definition) is 0. The SMILES string of the molecule is CCC(C)N(Cc1ccc(OS(C)(=O)=O)cc1)C(=O)c1ccccc1OC. The minimum Gasteiger partial charge on any atom is -0.496 e. The lowest BCUT2D eigenvalue weighted by molar-refractivity contribution is 0.0668. The third-order valence-electron chi connectivity index (χ3n) is 4.24. The van der Waals surface area contributed by atoms with Crippen molar-refractivity contribution in [1.82, 2.24) is 4.90 Å². The van der Waals surface area contributed by atoms with E-state index in [4.69, 9.17) is 8.92 Å². The van der Waals surface area contributed by atoms with Crippen LogP contribution in [0.1, 0.15) is 36.2 Å². The standard InChI is InChI=1S/C20H25NO5S/c1-5-15(2)21(20(22)18-8-6-7-9-19(18)25-3)14-16-10-12-17(13-11-16)26-27(4,23)24/h6-13,15H,5,14H2,1-4H3. The molecule has 0 fully saturated rings. The Morgan fingerprint density at radius 3 is 2.30 bits per heavy atom. The number of benzene rings is 2. The fourth-order valence-corrected chi connectivity index (χ4v) is 3.11. The molecule has 2 rings (SSSR count). The molecule has 27 heavy (non-hydrogen) atoms. The minimum absolute atomic E-state index is 0.0226. The summed E-state index contributed by atoms with van der Waals surface area (Å²) in [6.07, 6.45) is 1.80. The molecule has 1 unspecified atom stereocenters. The average Bonchev–Trinajstić information content (AvgIpc) is 2.65. The van der Waals surface area contributed by atoms with Gasteiger partial charge in [0, 0.05) is 12.6 Å². The van der Waals surface area contributed by atoms with Crippen LogP contribution in [-0.4, -0.2) is 38.6 Å². The summed E-state index contributed by atoms with van der Waals surface area (Å²) in [7, 11) is -2.02. The first-order valence-corrected chi connectivity index (χ1v) is 10.5. The number of hydrogen-bond acceptors (Lipinski definition) is 5. The molecule has 6 nitrogen and oxygen atoms in total. The normalized spacial score (nSPS) is 12.3. The number of ether oxygens (including phenoxy) is 1. The molecular formula is C20H25NO5S. The molecule has 0 saturated carbocycles. The van der Waals surface area contributed by atoms with Crippen molar-refractivity contribution in [3.8, 4) is 11.5 Å². The monoisotopic (exact) mass is 391 g/mol. The summed E-state index contributed by atoms with van der Waals surface area (Å²) in [5, 5.41) is 0. The van der Waals surface area contributed by atoms with Crippen LogP contribution in [0.4, 0.5) is 0 Å². The Hall–Kier alpha value is -2.54. The number of nitrogens with zero attached hydrogens (tertiary/aromatic N) is 1. The molecule has 0 aliphatic carbocycles. The molecule has 0 aliphatic rings. The second-order valence-electron chi connectivity index (χ2n) is 6.32. The van der Waals surface area contributed by atoms with Crippen molar-refractivity contribution in [2.24, 2.45) is 0 Å². The zero-order valence-corrected chi connectivity index (χ0v) is 16.8. The van der Waals surface area contributed by atoms with Gasteiger partial charge >= 0.3 is 10.1 Å². The molecule has 1 amide bonds. The van der Waals surface area contributed by atoms with Crippen LogP contribution >= 0.6 is 0 Å². The molecule has 0 aliphatic heterocycles. The molecule has 0 heterocycles. The second-order valence-corrected chi connectivity index (χ2v) is 7.90. The van der Waals surface area contributed by atoms with Gasteiger partial charge in [-0.3, -0.25) is 4.79 Å². The lowest BCUT2D eigenvalue weighted by Crippen LogP contribution is -2.38. The smallest absolute Gasteiger partial charge is 0.306 e. The van der Waals surface area contributed by atoms with Crippen molar-refractivity contribution in [2.45, 2.75) is 32.9 Å². The zero-order valence-electron chi connectivity index (χ0n) is 16.0. The number of rotatable bonds is 8. The Morgan fingerprint density at radius 2 is 1.74 bits per heavy atom. The van der Waals surface area contributed by atoms with E-state index in [0.29, 0.717) is 17.9 Å². The molecule has 2 aromatic rings. The number of carbonyl (C=O) groups is 1. The summed E-state index contributed by atoms with van der Waals surface area (Å²) < 4.78 is 32.6. The van der Waals surface area contributed by atoms with Crippen molar-refractivity contribution < 1.29 is 22.1 Å². The zero-order chi connectivity index (χ0) is 20.0. The summed E-state index contributed by atoms with van der Waals surface area (Å²) in [4.78, 5) is 14.9. The second kappa shape index (κ2) is 8.90. The van der Waals surface area contributed by atoms with Gasteiger partial charge in [0.05, 0.1) is 18.9 Å². The van der Waals surface area contributed by atoms with Crippen LogP contribution in [0.3, 0.4) is 0 Å². The van der Waals surface area contributed by atoms with Crippen molar-refractivity contribution in [3.63, 3.8) is 0 Å². The van der Waals surface area contributed by atoms with E-state index in [1.54, 1.807) is 48.4 Å². The quantitative estimate of drug-likeness (QED) is 0.644. The van der Waals surface area contributed by atoms with Crippen molar-refractivity contribution >= 4 is 16.0 Å². The van der Waals surface area contributed by atoms with E-state index in [1.807, 2.05) is 26.0 Å². The van der Waals surface area contributed by atoms with Gasteiger partial charge in [-0.25, -0.2) is 0 Å². The van der Waals surface area contributed by atoms with Crippen LogP contribution in [0.25, 0.3) is 0 Å². The number of carbonyl (C=O) groups excluding carboxylic acids is 1. The molecule has 0 aromatic heterocycles. The topological polar surface area (TPSA) is 72.9 Å². The molecule has 146 valence electrons. The van der Waals surface area contributed by atoms with E-state index in [9.17, 15) is 13.2 Å². The number of para-hydroxylation sites is 1. The Labute approximate surface area is 160 Å². The molecule has 0 bridgehead atoms. The van der Waals surface area contributed by atoms with Crippen LogP contribution < -0.4 is 8.92 Å². The van der Waals surface area contributed by atoms with Gasteiger partial charge < -0.3 is 13.8 Å².